The van der Waals surface area contributed by atoms with Gasteiger partial charge in [0.1, 0.15) is 17.8 Å². The van der Waals surface area contributed by atoms with E-state index in [4.69, 9.17) is 14.2 Å². The number of hydrogen-bond donors (Lipinski definition) is 0. The van der Waals surface area contributed by atoms with Crippen LogP contribution in [0.2, 0.25) is 0 Å². The average molecular weight is 529 g/mol. The van der Waals surface area contributed by atoms with Gasteiger partial charge < -0.3 is 14.2 Å². The standard InChI is InChI=1S/C33H52O5/c1-19-26-22-10-11-24-29(6)14-13-25(37-20(2)34)28(4,5)23(29)12-15-31(24,8)30(22,7)16-17-33(26)18-36-32(19,9)27(33)38-21(3)35/h19,22-27H,10-18H2,1-9H3. The van der Waals surface area contributed by atoms with Gasteiger partial charge in [-0.1, -0.05) is 41.5 Å². The van der Waals surface area contributed by atoms with E-state index in [-0.39, 0.29) is 56.8 Å². The molecule has 6 fully saturated rings. The third kappa shape index (κ3) is 3.04. The molecule has 214 valence electrons. The number of carbonyl (C=O) groups is 2. The third-order valence-electron chi connectivity index (χ3n) is 14.8. The molecule has 6 aliphatic rings. The summed E-state index contributed by atoms with van der Waals surface area (Å²) in [6.07, 6.45) is 9.38. The van der Waals surface area contributed by atoms with Gasteiger partial charge in [0.15, 0.2) is 0 Å². The zero-order valence-corrected chi connectivity index (χ0v) is 25.4. The van der Waals surface area contributed by atoms with E-state index in [1.807, 2.05) is 0 Å². The van der Waals surface area contributed by atoms with Crippen LogP contribution in [0.15, 0.2) is 0 Å². The molecule has 1 aliphatic heterocycles. The normalized spacial score (nSPS) is 56.2. The molecule has 5 heteroatoms. The minimum absolute atomic E-state index is 0.00330. The zero-order valence-electron chi connectivity index (χ0n) is 25.4. The monoisotopic (exact) mass is 528 g/mol. The summed E-state index contributed by atoms with van der Waals surface area (Å²) in [6, 6.07) is 0. The van der Waals surface area contributed by atoms with Gasteiger partial charge in [-0.05, 0) is 104 Å². The molecule has 5 aliphatic carbocycles. The highest BCUT2D eigenvalue weighted by atomic mass is 16.6. The van der Waals surface area contributed by atoms with E-state index in [1.54, 1.807) is 13.8 Å². The fourth-order valence-electron chi connectivity index (χ4n) is 12.9. The minimum atomic E-state index is -0.373. The van der Waals surface area contributed by atoms with Crippen molar-refractivity contribution in [2.75, 3.05) is 6.61 Å². The van der Waals surface area contributed by atoms with Gasteiger partial charge in [0.2, 0.25) is 0 Å². The summed E-state index contributed by atoms with van der Waals surface area (Å²) < 4.78 is 18.5. The van der Waals surface area contributed by atoms with Crippen molar-refractivity contribution >= 4 is 11.9 Å². The lowest BCUT2D eigenvalue weighted by Gasteiger charge is -2.73. The Morgan fingerprint density at radius 1 is 0.763 bits per heavy atom. The summed E-state index contributed by atoms with van der Waals surface area (Å²) in [5.74, 6) is 2.53. The molecule has 1 spiro atoms. The lowest BCUT2D eigenvalue weighted by Crippen LogP contribution is -2.67. The topological polar surface area (TPSA) is 61.8 Å². The Kier molecular flexibility index (Phi) is 5.71. The van der Waals surface area contributed by atoms with E-state index in [9.17, 15) is 9.59 Å². The lowest BCUT2D eigenvalue weighted by atomic mass is 9.32. The minimum Gasteiger partial charge on any atom is -0.462 e. The van der Waals surface area contributed by atoms with E-state index in [2.05, 4.69) is 48.5 Å². The first-order valence-corrected chi connectivity index (χ1v) is 15.6. The van der Waals surface area contributed by atoms with Crippen LogP contribution in [-0.4, -0.2) is 36.4 Å². The first kappa shape index (κ1) is 27.1. The van der Waals surface area contributed by atoms with Crippen molar-refractivity contribution in [3.05, 3.63) is 0 Å². The lowest BCUT2D eigenvalue weighted by molar-refractivity contribution is -0.258. The molecule has 0 amide bonds. The molecule has 0 N–H and O–H groups in total. The number of carbonyl (C=O) groups excluding carboxylic acids is 2. The van der Waals surface area contributed by atoms with Crippen molar-refractivity contribution < 1.29 is 23.8 Å². The van der Waals surface area contributed by atoms with E-state index in [0.717, 1.165) is 25.9 Å². The van der Waals surface area contributed by atoms with Crippen molar-refractivity contribution in [3.63, 3.8) is 0 Å². The second-order valence-electron chi connectivity index (χ2n) is 16.1. The Labute approximate surface area is 230 Å². The van der Waals surface area contributed by atoms with Crippen LogP contribution in [0.3, 0.4) is 0 Å². The maximum atomic E-state index is 12.2. The van der Waals surface area contributed by atoms with Crippen molar-refractivity contribution in [1.29, 1.82) is 0 Å². The molecule has 5 saturated carbocycles. The zero-order chi connectivity index (χ0) is 27.7. The predicted octanol–water partition coefficient (Wildman–Crippen LogP) is 6.96. The molecule has 5 nitrogen and oxygen atoms in total. The van der Waals surface area contributed by atoms with Gasteiger partial charge in [0.05, 0.1) is 6.61 Å². The van der Waals surface area contributed by atoms with Gasteiger partial charge in [-0.2, -0.15) is 0 Å². The largest absolute Gasteiger partial charge is 0.462 e. The van der Waals surface area contributed by atoms with Crippen LogP contribution >= 0.6 is 0 Å². The Morgan fingerprint density at radius 3 is 2.11 bits per heavy atom. The van der Waals surface area contributed by atoms with Crippen LogP contribution in [-0.2, 0) is 23.8 Å². The summed E-state index contributed by atoms with van der Waals surface area (Å²) >= 11 is 0. The average Bonchev–Trinajstić information content (AvgIpc) is 3.18. The Morgan fingerprint density at radius 2 is 1.45 bits per heavy atom. The fourth-order valence-corrected chi connectivity index (χ4v) is 12.9. The first-order chi connectivity index (χ1) is 17.6. The van der Waals surface area contributed by atoms with Crippen molar-refractivity contribution in [2.24, 2.45) is 56.7 Å². The number of fused-ring (bicyclic) bond motifs is 7. The summed E-state index contributed by atoms with van der Waals surface area (Å²) in [5.41, 5.74) is 0.420. The SMILES string of the molecule is CC(=O)OC1CCC2(C)C(CCC3(C)C2CCC2C4C(C)C5(C)OCC4(CCC23C)C5OC(C)=O)C1(C)C. The molecule has 0 radical (unpaired) electrons. The molecule has 38 heavy (non-hydrogen) atoms. The van der Waals surface area contributed by atoms with Crippen LogP contribution < -0.4 is 0 Å². The molecular weight excluding hydrogens is 476 g/mol. The maximum absolute atomic E-state index is 12.2. The Balaban J connectivity index is 1.35. The van der Waals surface area contributed by atoms with Crippen molar-refractivity contribution in [2.45, 2.75) is 131 Å². The fraction of sp³-hybridized carbons (Fsp3) is 0.939. The van der Waals surface area contributed by atoms with Crippen LogP contribution in [0, 0.1) is 56.7 Å². The van der Waals surface area contributed by atoms with Gasteiger partial charge in [-0.25, -0.2) is 0 Å². The molecule has 2 bridgehead atoms. The number of hydrogen-bond acceptors (Lipinski definition) is 5. The molecule has 0 aromatic carbocycles. The van der Waals surface area contributed by atoms with Gasteiger partial charge >= 0.3 is 11.9 Å². The van der Waals surface area contributed by atoms with Gasteiger partial charge in [-0.15, -0.1) is 0 Å². The summed E-state index contributed by atoms with van der Waals surface area (Å²) in [5, 5.41) is 0. The van der Waals surface area contributed by atoms with Crippen LogP contribution in [0.1, 0.15) is 114 Å². The summed E-state index contributed by atoms with van der Waals surface area (Å²) in [4.78, 5) is 24.2. The van der Waals surface area contributed by atoms with Crippen LogP contribution in [0.4, 0.5) is 0 Å². The molecule has 1 heterocycles. The van der Waals surface area contributed by atoms with Gasteiger partial charge in [0, 0.05) is 24.7 Å². The third-order valence-corrected chi connectivity index (χ3v) is 14.8. The predicted molar refractivity (Wildman–Crippen MR) is 146 cm³/mol. The summed E-state index contributed by atoms with van der Waals surface area (Å²) in [6.45, 7) is 21.1. The number of ether oxygens (including phenoxy) is 3. The quantitative estimate of drug-likeness (QED) is 0.363. The molecular formula is C33H52O5. The van der Waals surface area contributed by atoms with Crippen LogP contribution in [0.5, 0.6) is 0 Å². The Bertz CT molecular complexity index is 1040. The van der Waals surface area contributed by atoms with E-state index in [1.165, 1.54) is 32.1 Å². The smallest absolute Gasteiger partial charge is 0.303 e. The van der Waals surface area contributed by atoms with E-state index < -0.39 is 0 Å². The molecule has 12 unspecified atom stereocenters. The molecule has 6 rings (SSSR count). The highest BCUT2D eigenvalue weighted by Gasteiger charge is 2.78. The van der Waals surface area contributed by atoms with E-state index >= 15 is 0 Å². The first-order valence-electron chi connectivity index (χ1n) is 15.6. The second-order valence-corrected chi connectivity index (χ2v) is 16.1. The highest BCUT2D eigenvalue weighted by molar-refractivity contribution is 5.67. The van der Waals surface area contributed by atoms with Gasteiger partial charge in [0.25, 0.3) is 0 Å². The van der Waals surface area contributed by atoms with Crippen molar-refractivity contribution in [3.8, 4) is 0 Å². The van der Waals surface area contributed by atoms with Gasteiger partial charge in [-0.3, -0.25) is 9.59 Å². The molecule has 0 aromatic heterocycles. The Hall–Kier alpha value is -1.10. The maximum Gasteiger partial charge on any atom is 0.303 e. The number of rotatable bonds is 2. The second kappa shape index (κ2) is 8.01. The van der Waals surface area contributed by atoms with Crippen LogP contribution in [0.25, 0.3) is 0 Å². The molecule has 1 saturated heterocycles. The van der Waals surface area contributed by atoms with E-state index in [0.29, 0.717) is 29.6 Å². The van der Waals surface area contributed by atoms with Crippen molar-refractivity contribution in [1.82, 2.24) is 0 Å². The molecule has 12 atom stereocenters. The highest BCUT2D eigenvalue weighted by Crippen LogP contribution is 2.79. The summed E-state index contributed by atoms with van der Waals surface area (Å²) in [7, 11) is 0. The number of esters is 2. The molecule has 0 aromatic rings.